The van der Waals surface area contributed by atoms with Crippen LogP contribution in [-0.4, -0.2) is 53.0 Å². The third kappa shape index (κ3) is 7.62. The van der Waals surface area contributed by atoms with E-state index < -0.39 is 11.9 Å². The Hall–Kier alpha value is -2.90. The van der Waals surface area contributed by atoms with Gasteiger partial charge in [-0.15, -0.1) is 5.10 Å². The molecular weight excluding hydrogens is 614 g/mol. The third-order valence-corrected chi connectivity index (χ3v) is 9.06. The fourth-order valence-electron chi connectivity index (χ4n) is 6.49. The molecule has 1 aliphatic carbocycles. The van der Waals surface area contributed by atoms with Crippen molar-refractivity contribution < 1.29 is 80.3 Å². The number of anilines is 1. The van der Waals surface area contributed by atoms with E-state index in [1.165, 1.54) is 32.1 Å². The van der Waals surface area contributed by atoms with E-state index in [9.17, 15) is 14.7 Å². The number of aromatic amines is 1. The zero-order valence-corrected chi connectivity index (χ0v) is 31.1. The van der Waals surface area contributed by atoms with Gasteiger partial charge in [-0.1, -0.05) is 32.1 Å². The smallest absolute Gasteiger partial charge is 0.550 e. The van der Waals surface area contributed by atoms with E-state index in [1.54, 1.807) is 27.4 Å². The number of hydrogen-bond donors (Lipinski definition) is 2. The Morgan fingerprint density at radius 2 is 1.72 bits per heavy atom. The van der Waals surface area contributed by atoms with E-state index in [1.807, 2.05) is 37.6 Å². The van der Waals surface area contributed by atoms with E-state index in [-0.39, 0.29) is 70.2 Å². The van der Waals surface area contributed by atoms with Gasteiger partial charge < -0.3 is 29.1 Å². The van der Waals surface area contributed by atoms with Gasteiger partial charge in [-0.3, -0.25) is 10.1 Å². The number of carboxylic acid groups (broad SMARTS) is 1. The number of aryl methyl sites for hydroxylation is 4. The zero-order chi connectivity index (χ0) is 32.2. The fourth-order valence-corrected chi connectivity index (χ4v) is 6.49. The molecule has 1 fully saturated rings. The second kappa shape index (κ2) is 15.8. The number of rotatable bonds is 12. The molecule has 4 aromatic rings. The number of methoxy groups -OCH3 is 3. The van der Waals surface area contributed by atoms with Crippen LogP contribution < -0.4 is 76.0 Å². The predicted octanol–water partition coefficient (Wildman–Crippen LogP) is 2.29. The topological polar surface area (TPSA) is 143 Å². The first kappa shape index (κ1) is 35.9. The fraction of sp³-hybridized carbons (Fsp3) is 0.471. The number of benzene rings is 2. The van der Waals surface area contributed by atoms with Gasteiger partial charge in [0, 0.05) is 23.5 Å². The Bertz CT molecular complexity index is 1720. The summed E-state index contributed by atoms with van der Waals surface area (Å²) in [6.45, 7) is 6.47. The standard InChI is InChI=1S/C34H43N5O6.K/c1-19-16-28(44-5)25(18-27(19)43-4)32-36-34(38-39(32)15-14-22-10-8-7-9-11-22)37-33(42)26-17-24-20(2)21(3)31(45-6)23(30(24)35-26)12-13-29(40)41;/h16-18,22,35H,7-15H2,1-6H3,(H,40,41)(H,37,38,42);/q;+1/p-1. The van der Waals surface area contributed by atoms with Crippen molar-refractivity contribution in [2.45, 2.75) is 78.7 Å². The van der Waals surface area contributed by atoms with Crippen molar-refractivity contribution in [3.63, 3.8) is 0 Å². The molecule has 12 heteroatoms. The van der Waals surface area contributed by atoms with Gasteiger partial charge in [-0.05, 0) is 80.8 Å². The number of ether oxygens (including phenoxy) is 3. The minimum atomic E-state index is -1.16. The molecular formula is C34H42KN5O6. The van der Waals surface area contributed by atoms with E-state index >= 15 is 0 Å². The van der Waals surface area contributed by atoms with Crippen molar-refractivity contribution in [2.75, 3.05) is 26.6 Å². The molecule has 11 nitrogen and oxygen atoms in total. The molecule has 2 heterocycles. The maximum absolute atomic E-state index is 13.6. The van der Waals surface area contributed by atoms with E-state index in [4.69, 9.17) is 24.3 Å². The summed E-state index contributed by atoms with van der Waals surface area (Å²) in [7, 11) is 4.80. The van der Waals surface area contributed by atoms with Gasteiger partial charge >= 0.3 is 51.4 Å². The van der Waals surface area contributed by atoms with Crippen LogP contribution in [0, 0.1) is 26.7 Å². The first-order valence-corrected chi connectivity index (χ1v) is 15.5. The molecule has 1 saturated carbocycles. The number of nitrogens with one attached hydrogen (secondary N) is 2. The van der Waals surface area contributed by atoms with Crippen LogP contribution in [0.3, 0.4) is 0 Å². The summed E-state index contributed by atoms with van der Waals surface area (Å²) < 4.78 is 18.8. The van der Waals surface area contributed by atoms with Gasteiger partial charge in [-0.25, -0.2) is 4.68 Å². The molecule has 2 aromatic carbocycles. The average molecular weight is 656 g/mol. The van der Waals surface area contributed by atoms with Crippen LogP contribution in [0.5, 0.6) is 17.2 Å². The summed E-state index contributed by atoms with van der Waals surface area (Å²) in [6, 6.07) is 5.57. The van der Waals surface area contributed by atoms with Gasteiger partial charge in [0.05, 0.1) is 32.4 Å². The number of carbonyl (C=O) groups excluding carboxylic acids is 2. The SMILES string of the molecule is COc1cc(-c2nc(NC(=O)c3cc4c(C)c(C)c(OC)c(CCC(=O)[O-])c4[nH]3)nn2CCC2CCCCC2)c(OC)cc1C.[K+]. The Kier molecular flexibility index (Phi) is 12.3. The molecule has 0 aliphatic heterocycles. The van der Waals surface area contributed by atoms with Crippen molar-refractivity contribution >= 4 is 28.7 Å². The van der Waals surface area contributed by atoms with E-state index in [0.717, 1.165) is 34.1 Å². The Labute approximate surface area is 312 Å². The zero-order valence-electron chi connectivity index (χ0n) is 28.0. The number of carbonyl (C=O) groups is 2. The molecule has 2 N–H and O–H groups in total. The van der Waals surface area contributed by atoms with Crippen LogP contribution in [0.2, 0.25) is 0 Å². The number of nitrogens with zero attached hydrogens (tertiary/aromatic N) is 3. The summed E-state index contributed by atoms with van der Waals surface area (Å²) in [5.74, 6) is 1.73. The normalized spacial score (nSPS) is 13.3. The molecule has 0 spiro atoms. The van der Waals surface area contributed by atoms with Gasteiger partial charge in [-0.2, -0.15) is 4.98 Å². The Morgan fingerprint density at radius 3 is 2.37 bits per heavy atom. The van der Waals surface area contributed by atoms with E-state index in [0.29, 0.717) is 52.3 Å². The minimum Gasteiger partial charge on any atom is -0.550 e. The van der Waals surface area contributed by atoms with Gasteiger partial charge in [0.15, 0.2) is 5.82 Å². The predicted molar refractivity (Wildman–Crippen MR) is 170 cm³/mol. The van der Waals surface area contributed by atoms with Crippen molar-refractivity contribution in [2.24, 2.45) is 5.92 Å². The number of H-pyrrole nitrogens is 1. The molecule has 2 aromatic heterocycles. The quantitative estimate of drug-likeness (QED) is 0.222. The Balaban J connectivity index is 0.00000480. The molecule has 0 atom stereocenters. The molecule has 0 unspecified atom stereocenters. The second-order valence-electron chi connectivity index (χ2n) is 11.9. The Morgan fingerprint density at radius 1 is 1.00 bits per heavy atom. The van der Waals surface area contributed by atoms with Gasteiger partial charge in [0.1, 0.15) is 22.9 Å². The third-order valence-electron chi connectivity index (χ3n) is 9.06. The molecule has 0 bridgehead atoms. The number of aliphatic carboxylic acids is 1. The first-order valence-electron chi connectivity index (χ1n) is 15.5. The molecule has 240 valence electrons. The van der Waals surface area contributed by atoms with Crippen molar-refractivity contribution in [1.82, 2.24) is 19.7 Å². The largest absolute Gasteiger partial charge is 1.00 e. The van der Waals surface area contributed by atoms with Crippen molar-refractivity contribution in [1.29, 1.82) is 0 Å². The minimum absolute atomic E-state index is 0. The number of amides is 1. The molecule has 1 aliphatic rings. The summed E-state index contributed by atoms with van der Waals surface area (Å²) in [5.41, 5.74) is 5.11. The molecule has 1 amide bonds. The monoisotopic (exact) mass is 655 g/mol. The summed E-state index contributed by atoms with van der Waals surface area (Å²) in [5, 5.41) is 19.7. The van der Waals surface area contributed by atoms with E-state index in [2.05, 4.69) is 10.3 Å². The van der Waals surface area contributed by atoms with Crippen LogP contribution in [0.4, 0.5) is 5.95 Å². The number of fused-ring (bicyclic) bond motifs is 1. The molecule has 0 radical (unpaired) electrons. The molecule has 0 saturated heterocycles. The molecule has 5 rings (SSSR count). The summed E-state index contributed by atoms with van der Waals surface area (Å²) in [4.78, 5) is 32.9. The van der Waals surface area contributed by atoms with Crippen LogP contribution in [0.1, 0.15) is 77.7 Å². The van der Waals surface area contributed by atoms with Gasteiger partial charge in [0.2, 0.25) is 5.95 Å². The van der Waals surface area contributed by atoms with Crippen LogP contribution in [-0.2, 0) is 17.8 Å². The summed E-state index contributed by atoms with van der Waals surface area (Å²) >= 11 is 0. The van der Waals surface area contributed by atoms with Crippen molar-refractivity contribution in [3.8, 4) is 28.6 Å². The van der Waals surface area contributed by atoms with Gasteiger partial charge in [0.25, 0.3) is 5.91 Å². The number of carboxylic acids is 1. The summed E-state index contributed by atoms with van der Waals surface area (Å²) in [6.07, 6.45) is 7.21. The molecule has 46 heavy (non-hydrogen) atoms. The second-order valence-corrected chi connectivity index (χ2v) is 11.9. The van der Waals surface area contributed by atoms with Crippen molar-refractivity contribution in [3.05, 3.63) is 46.1 Å². The van der Waals surface area contributed by atoms with Crippen LogP contribution >= 0.6 is 0 Å². The maximum Gasteiger partial charge on any atom is 1.00 e. The average Bonchev–Trinajstić information content (AvgIpc) is 3.66. The van der Waals surface area contributed by atoms with Crippen LogP contribution in [0.25, 0.3) is 22.3 Å². The first-order chi connectivity index (χ1) is 21.6. The van der Waals surface area contributed by atoms with Crippen LogP contribution in [0.15, 0.2) is 18.2 Å². The number of aromatic nitrogens is 4. The maximum atomic E-state index is 13.6. The number of hydrogen-bond acceptors (Lipinski definition) is 8.